The van der Waals surface area contributed by atoms with Crippen LogP contribution in [0.4, 0.5) is 0 Å². The third-order valence-corrected chi connectivity index (χ3v) is 4.35. The third kappa shape index (κ3) is 2.31. The predicted molar refractivity (Wildman–Crippen MR) is 87.6 cm³/mol. The molecule has 0 saturated carbocycles. The van der Waals surface area contributed by atoms with Crippen LogP contribution in [0.25, 0.3) is 22.0 Å². The van der Waals surface area contributed by atoms with Gasteiger partial charge in [-0.2, -0.15) is 0 Å². The maximum Gasteiger partial charge on any atom is 0.137 e. The minimum absolute atomic E-state index is 0.567. The summed E-state index contributed by atoms with van der Waals surface area (Å²) in [5.41, 5.74) is 5.84. The number of benzene rings is 2. The number of hydrogen-bond donors (Lipinski definition) is 1. The molecule has 0 fully saturated rings. The van der Waals surface area contributed by atoms with Crippen molar-refractivity contribution >= 4 is 22.5 Å². The zero-order valence-electron chi connectivity index (χ0n) is 11.6. The molecule has 0 bridgehead atoms. The fraction of sp³-hybridized carbons (Fsp3) is 0.167. The molecule has 0 unspecified atom stereocenters. The number of pyridine rings is 1. The first-order valence-corrected chi connectivity index (χ1v) is 7.57. The van der Waals surface area contributed by atoms with Crippen molar-refractivity contribution in [3.8, 4) is 11.1 Å². The Bertz CT molecular complexity index is 812. The maximum absolute atomic E-state index is 6.39. The molecular formula is C18H15ClN2. The molecule has 0 radical (unpaired) electrons. The smallest absolute Gasteiger partial charge is 0.137 e. The van der Waals surface area contributed by atoms with E-state index in [1.165, 1.54) is 16.5 Å². The second kappa shape index (κ2) is 5.14. The van der Waals surface area contributed by atoms with E-state index in [-0.39, 0.29) is 0 Å². The molecule has 1 aliphatic heterocycles. The molecule has 2 aromatic carbocycles. The molecule has 0 amide bonds. The summed E-state index contributed by atoms with van der Waals surface area (Å²) in [7, 11) is 0. The molecule has 1 aromatic heterocycles. The maximum atomic E-state index is 6.39. The van der Waals surface area contributed by atoms with Gasteiger partial charge in [0.1, 0.15) is 5.15 Å². The molecule has 0 saturated heterocycles. The van der Waals surface area contributed by atoms with Gasteiger partial charge in [0.25, 0.3) is 0 Å². The standard InChI is InChI=1S/C18H15ClN2/c19-18-16(12-4-2-1-3-5-12)9-14-8-13-6-7-20-11-15(13)10-17(14)21-18/h1-5,8-10,20H,6-7,11H2. The van der Waals surface area contributed by atoms with Crippen molar-refractivity contribution in [2.24, 2.45) is 0 Å². The van der Waals surface area contributed by atoms with Gasteiger partial charge >= 0.3 is 0 Å². The highest BCUT2D eigenvalue weighted by Gasteiger charge is 2.13. The normalized spacial score (nSPS) is 14.1. The van der Waals surface area contributed by atoms with Gasteiger partial charge in [-0.05, 0) is 47.9 Å². The summed E-state index contributed by atoms with van der Waals surface area (Å²) in [6.45, 7) is 1.97. The molecule has 0 atom stereocenters. The summed E-state index contributed by atoms with van der Waals surface area (Å²) < 4.78 is 0. The first kappa shape index (κ1) is 12.8. The Morgan fingerprint density at radius 2 is 1.86 bits per heavy atom. The van der Waals surface area contributed by atoms with Crippen LogP contribution in [0.2, 0.25) is 5.15 Å². The fourth-order valence-corrected chi connectivity index (χ4v) is 3.21. The molecule has 1 N–H and O–H groups in total. The largest absolute Gasteiger partial charge is 0.312 e. The van der Waals surface area contributed by atoms with Gasteiger partial charge in [-0.3, -0.25) is 0 Å². The first-order valence-electron chi connectivity index (χ1n) is 7.19. The van der Waals surface area contributed by atoms with Crippen molar-refractivity contribution in [3.05, 3.63) is 64.8 Å². The predicted octanol–water partition coefficient (Wildman–Crippen LogP) is 4.20. The average Bonchev–Trinajstić information content (AvgIpc) is 2.53. The Balaban J connectivity index is 1.92. The van der Waals surface area contributed by atoms with Crippen LogP contribution in [0.1, 0.15) is 11.1 Å². The summed E-state index contributed by atoms with van der Waals surface area (Å²) >= 11 is 6.39. The molecule has 2 heterocycles. The summed E-state index contributed by atoms with van der Waals surface area (Å²) in [4.78, 5) is 4.60. The number of nitrogens with zero attached hydrogens (tertiary/aromatic N) is 1. The molecule has 21 heavy (non-hydrogen) atoms. The highest BCUT2D eigenvalue weighted by atomic mass is 35.5. The van der Waals surface area contributed by atoms with Crippen LogP contribution in [0.5, 0.6) is 0 Å². The molecule has 0 spiro atoms. The van der Waals surface area contributed by atoms with E-state index < -0.39 is 0 Å². The number of halogens is 1. The van der Waals surface area contributed by atoms with Gasteiger partial charge in [0.05, 0.1) is 5.52 Å². The quantitative estimate of drug-likeness (QED) is 0.680. The van der Waals surface area contributed by atoms with E-state index in [2.05, 4.69) is 40.6 Å². The minimum Gasteiger partial charge on any atom is -0.312 e. The Labute approximate surface area is 128 Å². The summed E-state index contributed by atoms with van der Waals surface area (Å²) in [6, 6.07) is 16.8. The fourth-order valence-electron chi connectivity index (χ4n) is 2.95. The van der Waals surface area contributed by atoms with Crippen molar-refractivity contribution in [1.82, 2.24) is 10.3 Å². The van der Waals surface area contributed by atoms with Crippen LogP contribution >= 0.6 is 11.6 Å². The molecule has 104 valence electrons. The number of rotatable bonds is 1. The highest BCUT2D eigenvalue weighted by Crippen LogP contribution is 2.31. The van der Waals surface area contributed by atoms with E-state index in [0.717, 1.165) is 36.2 Å². The Hall–Kier alpha value is -1.90. The summed E-state index contributed by atoms with van der Waals surface area (Å²) in [6.07, 6.45) is 1.08. The van der Waals surface area contributed by atoms with E-state index in [0.29, 0.717) is 5.15 Å². The van der Waals surface area contributed by atoms with Crippen molar-refractivity contribution in [2.45, 2.75) is 13.0 Å². The molecular weight excluding hydrogens is 280 g/mol. The monoisotopic (exact) mass is 294 g/mol. The van der Waals surface area contributed by atoms with Gasteiger partial charge in [0, 0.05) is 17.5 Å². The SMILES string of the molecule is Clc1nc2cc3c(cc2cc1-c1ccccc1)CCNC3. The summed E-state index contributed by atoms with van der Waals surface area (Å²) in [5, 5.41) is 5.13. The molecule has 0 aliphatic carbocycles. The number of aromatic nitrogens is 1. The van der Waals surface area contributed by atoms with Gasteiger partial charge in [-0.25, -0.2) is 4.98 Å². The van der Waals surface area contributed by atoms with E-state index in [1.807, 2.05) is 18.2 Å². The van der Waals surface area contributed by atoms with E-state index in [1.54, 1.807) is 0 Å². The molecule has 3 aromatic rings. The van der Waals surface area contributed by atoms with Crippen LogP contribution in [0.3, 0.4) is 0 Å². The second-order valence-electron chi connectivity index (χ2n) is 5.43. The second-order valence-corrected chi connectivity index (χ2v) is 5.79. The van der Waals surface area contributed by atoms with Gasteiger partial charge in [0.15, 0.2) is 0 Å². The topological polar surface area (TPSA) is 24.9 Å². The number of hydrogen-bond acceptors (Lipinski definition) is 2. The van der Waals surface area contributed by atoms with Crippen LogP contribution in [-0.2, 0) is 13.0 Å². The van der Waals surface area contributed by atoms with Gasteiger partial charge in [-0.1, -0.05) is 41.9 Å². The Morgan fingerprint density at radius 3 is 2.71 bits per heavy atom. The van der Waals surface area contributed by atoms with Crippen molar-refractivity contribution < 1.29 is 0 Å². The van der Waals surface area contributed by atoms with Crippen LogP contribution in [-0.4, -0.2) is 11.5 Å². The molecule has 1 aliphatic rings. The van der Waals surface area contributed by atoms with Crippen molar-refractivity contribution in [3.63, 3.8) is 0 Å². The molecule has 4 rings (SSSR count). The number of nitrogens with one attached hydrogen (secondary N) is 1. The summed E-state index contributed by atoms with van der Waals surface area (Å²) in [5.74, 6) is 0. The van der Waals surface area contributed by atoms with Crippen LogP contribution in [0, 0.1) is 0 Å². The van der Waals surface area contributed by atoms with E-state index in [4.69, 9.17) is 11.6 Å². The van der Waals surface area contributed by atoms with Crippen molar-refractivity contribution in [1.29, 1.82) is 0 Å². The first-order chi connectivity index (χ1) is 10.3. The van der Waals surface area contributed by atoms with Crippen molar-refractivity contribution in [2.75, 3.05) is 6.54 Å². The zero-order chi connectivity index (χ0) is 14.2. The minimum atomic E-state index is 0.567. The zero-order valence-corrected chi connectivity index (χ0v) is 12.3. The van der Waals surface area contributed by atoms with Crippen LogP contribution < -0.4 is 5.32 Å². The Kier molecular flexibility index (Phi) is 3.13. The van der Waals surface area contributed by atoms with Gasteiger partial charge in [-0.15, -0.1) is 0 Å². The lowest BCUT2D eigenvalue weighted by molar-refractivity contribution is 0.645. The third-order valence-electron chi connectivity index (χ3n) is 4.06. The lowest BCUT2D eigenvalue weighted by atomic mass is 9.97. The lowest BCUT2D eigenvalue weighted by Gasteiger charge is -2.18. The van der Waals surface area contributed by atoms with Crippen LogP contribution in [0.15, 0.2) is 48.5 Å². The van der Waals surface area contributed by atoms with E-state index in [9.17, 15) is 0 Å². The van der Waals surface area contributed by atoms with E-state index >= 15 is 0 Å². The number of fused-ring (bicyclic) bond motifs is 2. The Morgan fingerprint density at radius 1 is 1.00 bits per heavy atom. The van der Waals surface area contributed by atoms with Gasteiger partial charge in [0.2, 0.25) is 0 Å². The highest BCUT2D eigenvalue weighted by molar-refractivity contribution is 6.32. The molecule has 2 nitrogen and oxygen atoms in total. The molecule has 3 heteroatoms. The lowest BCUT2D eigenvalue weighted by Crippen LogP contribution is -2.23. The van der Waals surface area contributed by atoms with Gasteiger partial charge < -0.3 is 5.32 Å². The average molecular weight is 295 g/mol.